The summed E-state index contributed by atoms with van der Waals surface area (Å²) in [6.07, 6.45) is -22.7. The topological polar surface area (TPSA) is 23.8 Å². The molecule has 0 aliphatic rings. The minimum atomic E-state index is -5.00. The van der Waals surface area contributed by atoms with E-state index in [1.807, 2.05) is 41.5 Å². The molecule has 0 aliphatic heterocycles. The van der Waals surface area contributed by atoms with Crippen molar-refractivity contribution in [3.05, 3.63) is 328 Å². The number of hydrogen-bond donors (Lipinski definition) is 0. The molecule has 0 aliphatic carbocycles. The second kappa shape index (κ2) is 45.9. The first kappa shape index (κ1) is 104. The van der Waals surface area contributed by atoms with Gasteiger partial charge in [0, 0.05) is 0 Å². The average molecular weight is 1660 g/mol. The largest absolute Gasteiger partial charge is 0.417 e. The number of alkyl halides is 15. The van der Waals surface area contributed by atoms with Crippen molar-refractivity contribution in [1.29, 1.82) is 5.26 Å². The van der Waals surface area contributed by atoms with E-state index in [4.69, 9.17) is 5.26 Å². The average Bonchev–Trinajstić information content (AvgIpc) is 0.807. The molecule has 0 spiro atoms. The highest BCUT2D eigenvalue weighted by atomic mass is 19.4. The standard InChI is InChI=1S/C16H23N.C16H18.C15H16.C12H15F3.C11H10F6.2C11H13F3.C11H16/c1-10(2)14-7-13(9-17)8-15(11(3)4)16(14)12(5)6;1-12(2)15-9-13(3)10-16(11-15)14-7-5-4-6-8-14;1-12(2)14-10-6-7-11-15(14)13-8-4-3-5-9-13;1-7(2)11-8(3)5-10(6-9(11)4)12(13,14)15;1-6(2)7-3-4-8(10(12,13)14)9(5-7)11(15,16)17;1-7(2)10-5-4-9(6-8(10)3)11(12,13)14;1-7(2)9-4-5-10(8(3)6-9)11(12,13)14;1-8(2)11-9(3)6-5-7-10(11)4/h7-8,10-12H,1-6H3;4-12H,1-3H3;3-12H,1-2H3;5-7H,1-4H3;3-6H,1-2H3;2*4-7H,1-3H3;5-8H,1-4H3. The molecule has 10 aromatic rings. The van der Waals surface area contributed by atoms with Gasteiger partial charge >= 0.3 is 30.9 Å². The lowest BCUT2D eigenvalue weighted by molar-refractivity contribution is -0.162. The van der Waals surface area contributed by atoms with E-state index in [2.05, 4.69) is 243 Å². The van der Waals surface area contributed by atoms with E-state index in [-0.39, 0.29) is 29.2 Å². The van der Waals surface area contributed by atoms with Crippen LogP contribution < -0.4 is 0 Å². The Morgan fingerprint density at radius 1 is 0.235 bits per heavy atom. The number of nitriles is 1. The van der Waals surface area contributed by atoms with Crippen molar-refractivity contribution in [2.45, 2.75) is 277 Å². The first-order valence-electron chi connectivity index (χ1n) is 40.6. The molecule has 1 nitrogen and oxygen atoms in total. The van der Waals surface area contributed by atoms with Crippen LogP contribution in [0.15, 0.2) is 200 Å². The number of aryl methyl sites for hydroxylation is 7. The summed E-state index contributed by atoms with van der Waals surface area (Å²) in [7, 11) is 0. The van der Waals surface area contributed by atoms with Gasteiger partial charge in [0.05, 0.1) is 39.4 Å². The zero-order valence-electron chi connectivity index (χ0n) is 74.4. The molecule has 0 amide bonds. The van der Waals surface area contributed by atoms with Crippen molar-refractivity contribution in [2.24, 2.45) is 0 Å². The quantitative estimate of drug-likeness (QED) is 0.112. The molecule has 0 heterocycles. The summed E-state index contributed by atoms with van der Waals surface area (Å²) in [6, 6.07) is 62.3. The van der Waals surface area contributed by atoms with Gasteiger partial charge in [0.2, 0.25) is 0 Å². The Balaban J connectivity index is 0.000000352. The Morgan fingerprint density at radius 3 is 0.992 bits per heavy atom. The van der Waals surface area contributed by atoms with Gasteiger partial charge in [-0.25, -0.2) is 0 Å². The van der Waals surface area contributed by atoms with Gasteiger partial charge in [-0.15, -0.1) is 0 Å². The highest BCUT2D eigenvalue weighted by molar-refractivity contribution is 5.68. The van der Waals surface area contributed by atoms with Crippen molar-refractivity contribution in [3.63, 3.8) is 0 Å². The van der Waals surface area contributed by atoms with Crippen LogP contribution in [0.1, 0.15) is 326 Å². The Kier molecular flexibility index (Phi) is 40.0. The number of hydrogen-bond acceptors (Lipinski definition) is 1. The van der Waals surface area contributed by atoms with Crippen molar-refractivity contribution in [3.8, 4) is 28.3 Å². The summed E-state index contributed by atoms with van der Waals surface area (Å²) in [6.45, 7) is 55.0. The fourth-order valence-electron chi connectivity index (χ4n) is 14.3. The molecule has 0 aromatic heterocycles. The summed E-state index contributed by atoms with van der Waals surface area (Å²) in [4.78, 5) is 0. The van der Waals surface area contributed by atoms with E-state index in [0.717, 1.165) is 51.6 Å². The van der Waals surface area contributed by atoms with E-state index in [1.54, 1.807) is 52.8 Å². The van der Waals surface area contributed by atoms with Crippen LogP contribution in [0.3, 0.4) is 0 Å². The van der Waals surface area contributed by atoms with E-state index in [1.165, 1.54) is 97.4 Å². The van der Waals surface area contributed by atoms with E-state index < -0.39 is 58.7 Å². The molecular formula is C103H124F15N. The number of nitrogens with zero attached hydrogens (tertiary/aromatic N) is 1. The van der Waals surface area contributed by atoms with Gasteiger partial charge in [-0.1, -0.05) is 290 Å². The zero-order chi connectivity index (χ0) is 90.9. The fourth-order valence-corrected chi connectivity index (χ4v) is 14.3. The first-order chi connectivity index (χ1) is 54.9. The second-order valence-electron chi connectivity index (χ2n) is 33.4. The van der Waals surface area contributed by atoms with Crippen molar-refractivity contribution >= 4 is 0 Å². The highest BCUT2D eigenvalue weighted by Crippen LogP contribution is 2.43. The summed E-state index contributed by atoms with van der Waals surface area (Å²) in [5.74, 6) is 3.77. The molecule has 16 heteroatoms. The third kappa shape index (κ3) is 32.6. The van der Waals surface area contributed by atoms with Gasteiger partial charge in [0.25, 0.3) is 0 Å². The first-order valence-corrected chi connectivity index (χ1v) is 40.6. The van der Waals surface area contributed by atoms with Gasteiger partial charge in [0.15, 0.2) is 0 Å². The van der Waals surface area contributed by atoms with Gasteiger partial charge < -0.3 is 0 Å². The van der Waals surface area contributed by atoms with Crippen molar-refractivity contribution in [1.82, 2.24) is 0 Å². The Morgan fingerprint density at radius 2 is 0.622 bits per heavy atom. The minimum Gasteiger partial charge on any atom is -0.192 e. The third-order valence-electron chi connectivity index (χ3n) is 20.1. The number of halogens is 15. The second-order valence-corrected chi connectivity index (χ2v) is 33.4. The van der Waals surface area contributed by atoms with Crippen LogP contribution >= 0.6 is 0 Å². The maximum absolute atomic E-state index is 12.5. The molecule has 119 heavy (non-hydrogen) atoms. The smallest absolute Gasteiger partial charge is 0.192 e. The minimum absolute atomic E-state index is 0.227. The molecule has 0 fully saturated rings. The molecule has 10 aromatic carbocycles. The van der Waals surface area contributed by atoms with Gasteiger partial charge in [-0.2, -0.15) is 71.1 Å². The molecule has 0 saturated carbocycles. The molecule has 10 rings (SSSR count). The van der Waals surface area contributed by atoms with E-state index in [9.17, 15) is 65.9 Å². The Hall–Kier alpha value is -9.36. The summed E-state index contributed by atoms with van der Waals surface area (Å²) in [5, 5.41) is 9.13. The molecule has 0 unspecified atom stereocenters. The van der Waals surface area contributed by atoms with Crippen LogP contribution in [0.4, 0.5) is 65.9 Å². The van der Waals surface area contributed by atoms with Crippen LogP contribution in [-0.2, 0) is 30.9 Å². The summed E-state index contributed by atoms with van der Waals surface area (Å²) < 4.78 is 186. The fraction of sp³-hybridized carbons (Fsp3) is 0.408. The maximum Gasteiger partial charge on any atom is 0.417 e. The number of benzene rings is 10. The van der Waals surface area contributed by atoms with Crippen LogP contribution in [0.5, 0.6) is 0 Å². The molecular weight excluding hydrogens is 1540 g/mol. The lowest BCUT2D eigenvalue weighted by Crippen LogP contribution is -2.17. The van der Waals surface area contributed by atoms with Crippen LogP contribution in [0.2, 0.25) is 0 Å². The van der Waals surface area contributed by atoms with Crippen LogP contribution in [0.25, 0.3) is 22.3 Å². The molecule has 646 valence electrons. The van der Waals surface area contributed by atoms with Gasteiger partial charge in [0.1, 0.15) is 0 Å². The van der Waals surface area contributed by atoms with Gasteiger partial charge in [-0.3, -0.25) is 0 Å². The monoisotopic (exact) mass is 1660 g/mol. The molecule has 0 bridgehead atoms. The van der Waals surface area contributed by atoms with Crippen molar-refractivity contribution in [2.75, 3.05) is 0 Å². The predicted octanol–water partition coefficient (Wildman–Crippen LogP) is 35.2. The molecule has 0 radical (unpaired) electrons. The maximum atomic E-state index is 12.5. The van der Waals surface area contributed by atoms with Crippen molar-refractivity contribution < 1.29 is 65.9 Å². The molecule has 0 saturated heterocycles. The Labute approximate surface area is 701 Å². The highest BCUT2D eigenvalue weighted by Gasteiger charge is 2.43. The van der Waals surface area contributed by atoms with Crippen LogP contribution in [-0.4, -0.2) is 0 Å². The lowest BCUT2D eigenvalue weighted by Gasteiger charge is -2.22. The van der Waals surface area contributed by atoms with Gasteiger partial charge in [-0.05, 0) is 274 Å². The third-order valence-corrected chi connectivity index (χ3v) is 20.1. The van der Waals surface area contributed by atoms with E-state index in [0.29, 0.717) is 58.8 Å². The Bertz CT molecular complexity index is 4750. The molecule has 0 N–H and O–H groups in total. The summed E-state index contributed by atoms with van der Waals surface area (Å²) >= 11 is 0. The van der Waals surface area contributed by atoms with Crippen LogP contribution in [0, 0.1) is 59.8 Å². The lowest BCUT2D eigenvalue weighted by atomic mass is 9.82. The number of rotatable bonds is 12. The van der Waals surface area contributed by atoms with E-state index >= 15 is 0 Å². The normalized spacial score (nSPS) is 11.7. The SMILES string of the molecule is CC(C)c1cc(C#N)cc(C(C)C)c1C(C)C.CC(C)c1ccc(C(F)(F)F)c(C(F)(F)F)c1.CC(C)c1ccccc1-c1ccccc1.Cc1cc(-c2ccccc2)cc(C(C)C)c1.Cc1cc(C(C)C)ccc1C(F)(F)F.Cc1cc(C(F)(F)F)cc(C)c1C(C)C.Cc1cc(C(F)(F)F)ccc1C(C)C.Cc1cccc(C)c1C(C)C. The summed E-state index contributed by atoms with van der Waals surface area (Å²) in [5.41, 5.74) is 19.4. The zero-order valence-corrected chi connectivity index (χ0v) is 74.4. The molecule has 0 atom stereocenters. The predicted molar refractivity (Wildman–Crippen MR) is 466 cm³/mol.